The summed E-state index contributed by atoms with van der Waals surface area (Å²) in [6.45, 7) is 1.76. The fraction of sp³-hybridized carbons (Fsp3) is 0.333. The summed E-state index contributed by atoms with van der Waals surface area (Å²) in [4.78, 5) is 43.4. The van der Waals surface area contributed by atoms with Gasteiger partial charge in [-0.25, -0.2) is 23.4 Å². The lowest BCUT2D eigenvalue weighted by molar-refractivity contribution is -0.119. The van der Waals surface area contributed by atoms with Crippen LogP contribution >= 0.6 is 11.6 Å². The van der Waals surface area contributed by atoms with Crippen molar-refractivity contribution in [3.8, 4) is 11.1 Å². The molecule has 226 valence electrons. The number of halogens is 4. The van der Waals surface area contributed by atoms with Gasteiger partial charge in [0.15, 0.2) is 5.82 Å². The van der Waals surface area contributed by atoms with E-state index in [0.717, 1.165) is 12.1 Å². The molecule has 2 N–H and O–H groups in total. The first kappa shape index (κ1) is 30.1. The number of benzene rings is 2. The summed E-state index contributed by atoms with van der Waals surface area (Å²) in [5.74, 6) is -3.40. The molecule has 3 amide bonds. The van der Waals surface area contributed by atoms with Crippen LogP contribution in [0.15, 0.2) is 42.6 Å². The third kappa shape index (κ3) is 6.24. The molecule has 43 heavy (non-hydrogen) atoms. The van der Waals surface area contributed by atoms with Crippen LogP contribution in [-0.2, 0) is 14.3 Å². The van der Waals surface area contributed by atoms with Gasteiger partial charge in [0.1, 0.15) is 11.9 Å². The number of nitrogens with one attached hydrogen (secondary N) is 2. The summed E-state index contributed by atoms with van der Waals surface area (Å²) < 4.78 is 54.7. The van der Waals surface area contributed by atoms with Crippen LogP contribution in [0.1, 0.15) is 55.9 Å². The Balaban J connectivity index is 1.51. The van der Waals surface area contributed by atoms with E-state index in [1.165, 1.54) is 18.2 Å². The zero-order valence-corrected chi connectivity index (χ0v) is 24.0. The highest BCUT2D eigenvalue weighted by Gasteiger charge is 2.37. The molecule has 13 heteroatoms. The quantitative estimate of drug-likeness (QED) is 0.235. The van der Waals surface area contributed by atoms with Crippen LogP contribution in [0.5, 0.6) is 0 Å². The summed E-state index contributed by atoms with van der Waals surface area (Å²) in [5, 5.41) is 5.14. The Morgan fingerprint density at radius 1 is 1.14 bits per heavy atom. The minimum absolute atomic E-state index is 0.0123. The Morgan fingerprint density at radius 2 is 1.93 bits per heavy atom. The van der Waals surface area contributed by atoms with E-state index in [1.54, 1.807) is 31.2 Å². The van der Waals surface area contributed by atoms with Crippen molar-refractivity contribution in [3.63, 3.8) is 0 Å². The van der Waals surface area contributed by atoms with E-state index in [-0.39, 0.29) is 35.9 Å². The molecule has 3 heterocycles. The van der Waals surface area contributed by atoms with Crippen molar-refractivity contribution in [1.82, 2.24) is 9.88 Å². The fourth-order valence-electron chi connectivity index (χ4n) is 5.40. The van der Waals surface area contributed by atoms with Crippen molar-refractivity contribution >= 4 is 41.1 Å². The minimum Gasteiger partial charge on any atom is -0.453 e. The van der Waals surface area contributed by atoms with Crippen molar-refractivity contribution in [3.05, 3.63) is 76.3 Å². The normalized spacial score (nSPS) is 20.6. The van der Waals surface area contributed by atoms with E-state index >= 15 is 4.39 Å². The number of ether oxygens (including phenoxy) is 2. The Kier molecular flexibility index (Phi) is 8.77. The first-order valence-electron chi connectivity index (χ1n) is 13.6. The minimum atomic E-state index is -1.22. The Morgan fingerprint density at radius 3 is 2.67 bits per heavy atom. The summed E-state index contributed by atoms with van der Waals surface area (Å²) in [7, 11) is 1.22. The number of anilines is 2. The van der Waals surface area contributed by atoms with Gasteiger partial charge in [-0.2, -0.15) is 4.39 Å². The van der Waals surface area contributed by atoms with Crippen molar-refractivity contribution in [2.75, 3.05) is 24.3 Å². The molecule has 1 aromatic heterocycles. The summed E-state index contributed by atoms with van der Waals surface area (Å²) >= 11 is 5.84. The SMILES string of the molecule is COC(=O)Nc1ccc2c(c1)NC(=O)C(C)CCC[C@H](N1CCC(c3c(F)ccc(Cl)c3F)OC1=O)c1cc-2cnc1F. The highest BCUT2D eigenvalue weighted by molar-refractivity contribution is 6.30. The van der Waals surface area contributed by atoms with Crippen molar-refractivity contribution in [2.24, 2.45) is 5.92 Å². The van der Waals surface area contributed by atoms with Gasteiger partial charge in [0.25, 0.3) is 0 Å². The summed E-state index contributed by atoms with van der Waals surface area (Å²) in [6, 6.07) is 7.58. The molecule has 0 spiro atoms. The molecule has 2 aromatic carbocycles. The lowest BCUT2D eigenvalue weighted by Gasteiger charge is -2.38. The first-order chi connectivity index (χ1) is 20.6. The second-order valence-corrected chi connectivity index (χ2v) is 10.8. The molecule has 0 radical (unpaired) electrons. The number of fused-ring (bicyclic) bond motifs is 4. The van der Waals surface area contributed by atoms with Gasteiger partial charge in [-0.05, 0) is 43.2 Å². The number of amides is 3. The molecular formula is C30H28ClF3N4O5. The van der Waals surface area contributed by atoms with E-state index in [0.29, 0.717) is 35.3 Å². The molecule has 9 nitrogen and oxygen atoms in total. The largest absolute Gasteiger partial charge is 0.453 e. The highest BCUT2D eigenvalue weighted by Crippen LogP contribution is 2.40. The lowest BCUT2D eigenvalue weighted by atomic mass is 9.92. The smallest absolute Gasteiger partial charge is 0.411 e. The van der Waals surface area contributed by atoms with Gasteiger partial charge in [0.05, 0.1) is 29.4 Å². The van der Waals surface area contributed by atoms with Crippen LogP contribution in [-0.4, -0.2) is 41.6 Å². The molecule has 0 aliphatic carbocycles. The molecule has 1 saturated heterocycles. The zero-order valence-electron chi connectivity index (χ0n) is 23.3. The molecular weight excluding hydrogens is 589 g/mol. The number of cyclic esters (lactones) is 1. The molecule has 2 aliphatic heterocycles. The maximum Gasteiger partial charge on any atom is 0.411 e. The van der Waals surface area contributed by atoms with Crippen LogP contribution in [0.3, 0.4) is 0 Å². The number of carbonyl (C=O) groups excluding carboxylic acids is 3. The summed E-state index contributed by atoms with van der Waals surface area (Å²) in [5.41, 5.74) is 1.34. The first-order valence-corrected chi connectivity index (χ1v) is 14.0. The molecule has 0 saturated carbocycles. The van der Waals surface area contributed by atoms with Crippen molar-refractivity contribution in [2.45, 2.75) is 44.8 Å². The van der Waals surface area contributed by atoms with Crippen LogP contribution in [0.2, 0.25) is 5.02 Å². The average molecular weight is 617 g/mol. The number of pyridine rings is 1. The number of aromatic nitrogens is 1. The Labute approximate surface area is 250 Å². The highest BCUT2D eigenvalue weighted by atomic mass is 35.5. The predicted molar refractivity (Wildman–Crippen MR) is 152 cm³/mol. The van der Waals surface area contributed by atoms with Crippen LogP contribution in [0.4, 0.5) is 34.1 Å². The molecule has 1 fully saturated rings. The number of rotatable bonds is 3. The van der Waals surface area contributed by atoms with Gasteiger partial charge < -0.3 is 19.7 Å². The third-order valence-electron chi connectivity index (χ3n) is 7.70. The Hall–Kier alpha value is -4.32. The molecule has 3 aromatic rings. The van der Waals surface area contributed by atoms with Gasteiger partial charge in [-0.3, -0.25) is 10.1 Å². The maximum absolute atomic E-state index is 15.4. The second-order valence-electron chi connectivity index (χ2n) is 10.4. The number of hydrogen-bond acceptors (Lipinski definition) is 6. The molecule has 2 unspecified atom stereocenters. The second kappa shape index (κ2) is 12.5. The maximum atomic E-state index is 15.4. The van der Waals surface area contributed by atoms with E-state index < -0.39 is 53.4 Å². The molecule has 3 atom stereocenters. The van der Waals surface area contributed by atoms with Gasteiger partial charge >= 0.3 is 12.2 Å². The van der Waals surface area contributed by atoms with Crippen molar-refractivity contribution in [1.29, 1.82) is 0 Å². The number of nitrogens with zero attached hydrogens (tertiary/aromatic N) is 2. The monoisotopic (exact) mass is 616 g/mol. The van der Waals surface area contributed by atoms with Crippen LogP contribution < -0.4 is 10.6 Å². The standard InChI is InChI=1S/C30H28ClF3N4O5/c1-15-4-3-5-23(38-11-10-24(43-30(38)41)25-21(32)9-8-20(31)26(25)33)19-12-16(14-35-27(19)34)18-7-6-17(36-29(40)42-2)13-22(18)37-28(15)39/h6-9,12-15,23-24H,3-5,10-11H2,1-2H3,(H,36,40)(H,37,39)/t15?,23-,24?/m0/s1. The zero-order chi connectivity index (χ0) is 30.8. The molecule has 2 aliphatic rings. The Bertz CT molecular complexity index is 1590. The molecule has 5 rings (SSSR count). The number of methoxy groups -OCH3 is 1. The third-order valence-corrected chi connectivity index (χ3v) is 7.99. The number of hydrogen-bond donors (Lipinski definition) is 2. The van der Waals surface area contributed by atoms with Crippen LogP contribution in [0.25, 0.3) is 11.1 Å². The van der Waals surface area contributed by atoms with Gasteiger partial charge in [0, 0.05) is 47.5 Å². The molecule has 2 bridgehead atoms. The fourth-order valence-corrected chi connectivity index (χ4v) is 5.56. The topological polar surface area (TPSA) is 110 Å². The number of carbonyl (C=O) groups is 3. The van der Waals surface area contributed by atoms with E-state index in [4.69, 9.17) is 16.3 Å². The van der Waals surface area contributed by atoms with Crippen LogP contribution in [0, 0.1) is 23.5 Å². The van der Waals surface area contributed by atoms with E-state index in [2.05, 4.69) is 20.4 Å². The van der Waals surface area contributed by atoms with Crippen molar-refractivity contribution < 1.29 is 37.0 Å². The van der Waals surface area contributed by atoms with Gasteiger partial charge in [-0.15, -0.1) is 0 Å². The average Bonchev–Trinajstić information content (AvgIpc) is 2.98. The van der Waals surface area contributed by atoms with Gasteiger partial charge in [0.2, 0.25) is 11.9 Å². The predicted octanol–water partition coefficient (Wildman–Crippen LogP) is 7.38. The summed E-state index contributed by atoms with van der Waals surface area (Å²) in [6.07, 6.45) is -0.331. The lowest BCUT2D eigenvalue weighted by Crippen LogP contribution is -2.42. The van der Waals surface area contributed by atoms with E-state index in [1.807, 2.05) is 0 Å². The van der Waals surface area contributed by atoms with Gasteiger partial charge in [-0.1, -0.05) is 31.0 Å². The van der Waals surface area contributed by atoms with E-state index in [9.17, 15) is 23.2 Å².